The summed E-state index contributed by atoms with van der Waals surface area (Å²) < 4.78 is 11.1. The summed E-state index contributed by atoms with van der Waals surface area (Å²) in [5.41, 5.74) is 0.536. The molecular weight excluding hydrogens is 372 g/mol. The van der Waals surface area contributed by atoms with Gasteiger partial charge in [-0.25, -0.2) is 0 Å². The topological polar surface area (TPSA) is 75.3 Å². The van der Waals surface area contributed by atoms with E-state index in [-0.39, 0.29) is 5.57 Å². The van der Waals surface area contributed by atoms with Gasteiger partial charge >= 0.3 is 0 Å². The Morgan fingerprint density at radius 2 is 1.89 bits per heavy atom. The third-order valence-corrected chi connectivity index (χ3v) is 4.57. The van der Waals surface area contributed by atoms with Crippen LogP contribution < -0.4 is 10.1 Å². The first-order chi connectivity index (χ1) is 13.7. The number of nitrogens with zero attached hydrogens (tertiary/aromatic N) is 1. The van der Waals surface area contributed by atoms with E-state index in [4.69, 9.17) is 9.15 Å². The van der Waals surface area contributed by atoms with Gasteiger partial charge in [0.15, 0.2) is 5.09 Å². The largest absolute Gasteiger partial charge is 0.494 e. The Kier molecular flexibility index (Phi) is 6.55. The van der Waals surface area contributed by atoms with Gasteiger partial charge in [0.1, 0.15) is 23.2 Å². The van der Waals surface area contributed by atoms with Crippen LogP contribution >= 0.6 is 11.8 Å². The zero-order valence-corrected chi connectivity index (χ0v) is 16.0. The molecule has 6 heteroatoms. The highest BCUT2D eigenvalue weighted by Gasteiger charge is 2.11. The van der Waals surface area contributed by atoms with Crippen LogP contribution in [0.15, 0.2) is 86.7 Å². The molecule has 0 bridgehead atoms. The van der Waals surface area contributed by atoms with Crippen LogP contribution in [0.1, 0.15) is 12.7 Å². The summed E-state index contributed by atoms with van der Waals surface area (Å²) in [6.45, 7) is 2.47. The van der Waals surface area contributed by atoms with Crippen LogP contribution in [0.25, 0.3) is 6.08 Å². The molecule has 3 rings (SSSR count). The molecule has 2 aromatic carbocycles. The fraction of sp³-hybridized carbons (Fsp3) is 0.0909. The smallest absolute Gasteiger partial charge is 0.266 e. The normalized spacial score (nSPS) is 10.9. The molecule has 0 saturated heterocycles. The molecule has 5 nitrogen and oxygen atoms in total. The maximum absolute atomic E-state index is 12.4. The summed E-state index contributed by atoms with van der Waals surface area (Å²) in [4.78, 5) is 13.4. The average Bonchev–Trinajstić information content (AvgIpc) is 3.15. The molecule has 0 spiro atoms. The fourth-order valence-corrected chi connectivity index (χ4v) is 3.16. The third kappa shape index (κ3) is 5.29. The summed E-state index contributed by atoms with van der Waals surface area (Å²) in [6.07, 6.45) is 1.43. The van der Waals surface area contributed by atoms with Crippen LogP contribution in [0.3, 0.4) is 0 Å². The van der Waals surface area contributed by atoms with E-state index < -0.39 is 5.91 Å². The summed E-state index contributed by atoms with van der Waals surface area (Å²) >= 11 is 1.47. The number of nitriles is 1. The van der Waals surface area contributed by atoms with Gasteiger partial charge in [0.2, 0.25) is 0 Å². The molecule has 0 unspecified atom stereocenters. The Morgan fingerprint density at radius 1 is 1.14 bits per heavy atom. The van der Waals surface area contributed by atoms with Crippen molar-refractivity contribution in [2.24, 2.45) is 0 Å². The number of benzene rings is 2. The van der Waals surface area contributed by atoms with Gasteiger partial charge in [-0.1, -0.05) is 30.0 Å². The van der Waals surface area contributed by atoms with Gasteiger partial charge in [-0.05, 0) is 55.5 Å². The molecule has 0 radical (unpaired) electrons. The van der Waals surface area contributed by atoms with E-state index in [0.29, 0.717) is 23.1 Å². The number of carbonyl (C=O) groups excluding carboxylic acids is 1. The zero-order valence-electron chi connectivity index (χ0n) is 15.2. The number of anilines is 1. The molecule has 1 amide bonds. The van der Waals surface area contributed by atoms with Gasteiger partial charge in [-0.3, -0.25) is 4.79 Å². The standard InChI is InChI=1S/C22H18N2O3S/c1-2-26-18-10-8-17(9-11-18)24-22(25)16(15-23)14-19-12-13-21(27-19)28-20-6-4-3-5-7-20/h3-14H,2H2,1H3,(H,24,25)/b16-14-. The minimum atomic E-state index is -0.500. The first-order valence-electron chi connectivity index (χ1n) is 8.66. The molecule has 28 heavy (non-hydrogen) atoms. The minimum absolute atomic E-state index is 0.0421. The van der Waals surface area contributed by atoms with E-state index in [1.807, 2.05) is 49.4 Å². The second kappa shape index (κ2) is 9.49. The Morgan fingerprint density at radius 3 is 2.57 bits per heavy atom. The molecule has 1 heterocycles. The van der Waals surface area contributed by atoms with Gasteiger partial charge in [0.25, 0.3) is 5.91 Å². The monoisotopic (exact) mass is 390 g/mol. The Hall–Kier alpha value is -3.43. The zero-order chi connectivity index (χ0) is 19.8. The molecule has 0 aliphatic carbocycles. The van der Waals surface area contributed by atoms with E-state index in [1.165, 1.54) is 17.8 Å². The maximum Gasteiger partial charge on any atom is 0.266 e. The number of hydrogen-bond acceptors (Lipinski definition) is 5. The predicted octanol–water partition coefficient (Wildman–Crippen LogP) is 5.38. The molecule has 0 aliphatic heterocycles. The number of hydrogen-bond donors (Lipinski definition) is 1. The number of amides is 1. The maximum atomic E-state index is 12.4. The third-order valence-electron chi connectivity index (χ3n) is 3.64. The Balaban J connectivity index is 1.67. The number of nitrogens with one attached hydrogen (secondary N) is 1. The second-order valence-electron chi connectivity index (χ2n) is 5.65. The number of rotatable bonds is 7. The van der Waals surface area contributed by atoms with Crippen LogP contribution in [0, 0.1) is 11.3 Å². The number of furan rings is 1. The molecule has 1 aromatic heterocycles. The van der Waals surface area contributed by atoms with Crippen LogP contribution in [0.5, 0.6) is 5.75 Å². The van der Waals surface area contributed by atoms with Gasteiger partial charge < -0.3 is 14.5 Å². The average molecular weight is 390 g/mol. The number of ether oxygens (including phenoxy) is 1. The van der Waals surface area contributed by atoms with Gasteiger partial charge in [0.05, 0.1) is 6.61 Å². The highest BCUT2D eigenvalue weighted by molar-refractivity contribution is 7.99. The van der Waals surface area contributed by atoms with Crippen molar-refractivity contribution in [2.45, 2.75) is 16.9 Å². The molecule has 3 aromatic rings. The number of carbonyl (C=O) groups is 1. The Bertz CT molecular complexity index is 1000. The van der Waals surface area contributed by atoms with Crippen molar-refractivity contribution in [1.82, 2.24) is 0 Å². The lowest BCUT2D eigenvalue weighted by molar-refractivity contribution is -0.112. The molecule has 0 fully saturated rings. The lowest BCUT2D eigenvalue weighted by Crippen LogP contribution is -2.13. The van der Waals surface area contributed by atoms with Crippen LogP contribution in [0.4, 0.5) is 5.69 Å². The van der Waals surface area contributed by atoms with Gasteiger partial charge in [-0.15, -0.1) is 0 Å². The van der Waals surface area contributed by atoms with Gasteiger partial charge in [-0.2, -0.15) is 5.26 Å². The lowest BCUT2D eigenvalue weighted by atomic mass is 10.2. The summed E-state index contributed by atoms with van der Waals surface area (Å²) in [7, 11) is 0. The summed E-state index contributed by atoms with van der Waals surface area (Å²) in [6, 6.07) is 22.2. The van der Waals surface area contributed by atoms with E-state index in [0.717, 1.165) is 10.6 Å². The molecule has 0 saturated carbocycles. The molecule has 0 atom stereocenters. The van der Waals surface area contributed by atoms with Crippen LogP contribution in [-0.4, -0.2) is 12.5 Å². The van der Waals surface area contributed by atoms with Crippen molar-refractivity contribution in [3.63, 3.8) is 0 Å². The molecule has 140 valence electrons. The first kappa shape index (κ1) is 19.3. The second-order valence-corrected chi connectivity index (χ2v) is 6.73. The van der Waals surface area contributed by atoms with Crippen LogP contribution in [0.2, 0.25) is 0 Å². The quantitative estimate of drug-likeness (QED) is 0.433. The SMILES string of the molecule is CCOc1ccc(NC(=O)/C(C#N)=C\c2ccc(Sc3ccccc3)o2)cc1. The fourth-order valence-electron chi connectivity index (χ4n) is 2.36. The molecule has 0 aliphatic rings. The predicted molar refractivity (Wildman–Crippen MR) is 109 cm³/mol. The molecular formula is C22H18N2O3S. The Labute approximate surface area is 167 Å². The van der Waals surface area contributed by atoms with E-state index in [9.17, 15) is 10.1 Å². The van der Waals surface area contributed by atoms with Crippen LogP contribution in [-0.2, 0) is 4.79 Å². The highest BCUT2D eigenvalue weighted by atomic mass is 32.2. The van der Waals surface area contributed by atoms with Crippen molar-refractivity contribution < 1.29 is 13.9 Å². The summed E-state index contributed by atoms with van der Waals surface area (Å²) in [5.74, 6) is 0.660. The summed E-state index contributed by atoms with van der Waals surface area (Å²) in [5, 5.41) is 12.7. The van der Waals surface area contributed by atoms with E-state index >= 15 is 0 Å². The first-order valence-corrected chi connectivity index (χ1v) is 9.48. The minimum Gasteiger partial charge on any atom is -0.494 e. The van der Waals surface area contributed by atoms with E-state index in [1.54, 1.807) is 30.3 Å². The van der Waals surface area contributed by atoms with Crippen molar-refractivity contribution in [3.05, 3.63) is 78.1 Å². The van der Waals surface area contributed by atoms with Crippen molar-refractivity contribution >= 4 is 29.4 Å². The highest BCUT2D eigenvalue weighted by Crippen LogP contribution is 2.29. The molecule has 1 N–H and O–H groups in total. The van der Waals surface area contributed by atoms with Crippen molar-refractivity contribution in [1.29, 1.82) is 5.26 Å². The van der Waals surface area contributed by atoms with Crippen molar-refractivity contribution in [3.8, 4) is 11.8 Å². The van der Waals surface area contributed by atoms with Gasteiger partial charge in [0, 0.05) is 16.7 Å². The van der Waals surface area contributed by atoms with Crippen molar-refractivity contribution in [2.75, 3.05) is 11.9 Å². The van der Waals surface area contributed by atoms with E-state index in [2.05, 4.69) is 5.32 Å². The lowest BCUT2D eigenvalue weighted by Gasteiger charge is -2.06.